The fourth-order valence-corrected chi connectivity index (χ4v) is 1.89. The SMILES string of the molecule is CC(C)N(C)CCOc1ccccc1CNC1CC1. The van der Waals surface area contributed by atoms with Gasteiger partial charge < -0.3 is 15.0 Å². The van der Waals surface area contributed by atoms with Gasteiger partial charge in [-0.1, -0.05) is 18.2 Å². The third-order valence-corrected chi connectivity index (χ3v) is 3.71. The second-order valence-corrected chi connectivity index (χ2v) is 5.69. The highest BCUT2D eigenvalue weighted by Crippen LogP contribution is 2.22. The Morgan fingerprint density at radius 3 is 2.74 bits per heavy atom. The first-order chi connectivity index (χ1) is 9.16. The highest BCUT2D eigenvalue weighted by molar-refractivity contribution is 5.33. The number of likely N-dealkylation sites (N-methyl/N-ethyl adjacent to an activating group) is 1. The smallest absolute Gasteiger partial charge is 0.123 e. The summed E-state index contributed by atoms with van der Waals surface area (Å²) in [6, 6.07) is 9.64. The van der Waals surface area contributed by atoms with Crippen LogP contribution in [0.15, 0.2) is 24.3 Å². The number of rotatable bonds is 8. The maximum atomic E-state index is 5.93. The molecule has 3 heteroatoms. The topological polar surface area (TPSA) is 24.5 Å². The van der Waals surface area contributed by atoms with E-state index in [0.29, 0.717) is 6.04 Å². The predicted molar refractivity (Wildman–Crippen MR) is 79.6 cm³/mol. The molecule has 0 spiro atoms. The standard InChI is InChI=1S/C16H26N2O/c1-13(2)18(3)10-11-19-16-7-5-4-6-14(16)12-17-15-8-9-15/h4-7,13,15,17H,8-12H2,1-3H3. The Balaban J connectivity index is 1.80. The van der Waals surface area contributed by atoms with Crippen molar-refractivity contribution in [2.24, 2.45) is 0 Å². The highest BCUT2D eigenvalue weighted by atomic mass is 16.5. The molecule has 1 aromatic carbocycles. The molecule has 1 aliphatic rings. The van der Waals surface area contributed by atoms with Gasteiger partial charge in [-0.3, -0.25) is 0 Å². The predicted octanol–water partition coefficient (Wildman–Crippen LogP) is 2.66. The molecule has 1 fully saturated rings. The maximum absolute atomic E-state index is 5.93. The van der Waals surface area contributed by atoms with Crippen molar-refractivity contribution in [2.75, 3.05) is 20.2 Å². The summed E-state index contributed by atoms with van der Waals surface area (Å²) in [6.45, 7) is 7.03. The van der Waals surface area contributed by atoms with Crippen LogP contribution in [0.2, 0.25) is 0 Å². The van der Waals surface area contributed by atoms with E-state index in [1.54, 1.807) is 0 Å². The van der Waals surface area contributed by atoms with Crippen LogP contribution in [0.25, 0.3) is 0 Å². The number of nitrogens with zero attached hydrogens (tertiary/aromatic N) is 1. The zero-order valence-corrected chi connectivity index (χ0v) is 12.4. The van der Waals surface area contributed by atoms with Crippen LogP contribution >= 0.6 is 0 Å². The van der Waals surface area contributed by atoms with Crippen molar-refractivity contribution in [1.29, 1.82) is 0 Å². The molecule has 0 heterocycles. The Kier molecular flexibility index (Phi) is 5.23. The second kappa shape index (κ2) is 6.92. The number of ether oxygens (including phenoxy) is 1. The first-order valence-electron chi connectivity index (χ1n) is 7.31. The normalized spacial score (nSPS) is 15.2. The van der Waals surface area contributed by atoms with E-state index >= 15 is 0 Å². The van der Waals surface area contributed by atoms with Crippen molar-refractivity contribution < 1.29 is 4.74 Å². The zero-order valence-electron chi connectivity index (χ0n) is 12.4. The Morgan fingerprint density at radius 2 is 2.05 bits per heavy atom. The van der Waals surface area contributed by atoms with E-state index in [1.807, 2.05) is 6.07 Å². The van der Waals surface area contributed by atoms with Crippen LogP contribution in [-0.4, -0.2) is 37.2 Å². The van der Waals surface area contributed by atoms with Crippen LogP contribution in [-0.2, 0) is 6.54 Å². The van der Waals surface area contributed by atoms with Crippen LogP contribution in [0, 0.1) is 0 Å². The summed E-state index contributed by atoms with van der Waals surface area (Å²) >= 11 is 0. The number of benzene rings is 1. The van der Waals surface area contributed by atoms with Crippen molar-refractivity contribution in [2.45, 2.75) is 45.3 Å². The van der Waals surface area contributed by atoms with Gasteiger partial charge in [0.1, 0.15) is 12.4 Å². The lowest BCUT2D eigenvalue weighted by Crippen LogP contribution is -2.30. The summed E-state index contributed by atoms with van der Waals surface area (Å²) in [4.78, 5) is 2.30. The minimum absolute atomic E-state index is 0.565. The Morgan fingerprint density at radius 1 is 1.32 bits per heavy atom. The lowest BCUT2D eigenvalue weighted by Gasteiger charge is -2.21. The average molecular weight is 262 g/mol. The number of hydrogen-bond acceptors (Lipinski definition) is 3. The molecule has 0 radical (unpaired) electrons. The summed E-state index contributed by atoms with van der Waals surface area (Å²) < 4.78 is 5.93. The lowest BCUT2D eigenvalue weighted by molar-refractivity contribution is 0.207. The molecule has 0 atom stereocenters. The molecule has 0 unspecified atom stereocenters. The highest BCUT2D eigenvalue weighted by Gasteiger charge is 2.20. The van der Waals surface area contributed by atoms with Crippen LogP contribution in [0.4, 0.5) is 0 Å². The minimum Gasteiger partial charge on any atom is -0.492 e. The Hall–Kier alpha value is -1.06. The molecule has 0 amide bonds. The number of hydrogen-bond donors (Lipinski definition) is 1. The molecule has 1 saturated carbocycles. The van der Waals surface area contributed by atoms with Gasteiger partial charge in [0, 0.05) is 30.7 Å². The van der Waals surface area contributed by atoms with Crippen LogP contribution in [0.3, 0.4) is 0 Å². The molecule has 1 aromatic rings. The van der Waals surface area contributed by atoms with Crippen LogP contribution in [0.1, 0.15) is 32.3 Å². The number of nitrogens with one attached hydrogen (secondary N) is 1. The van der Waals surface area contributed by atoms with E-state index < -0.39 is 0 Å². The van der Waals surface area contributed by atoms with E-state index in [9.17, 15) is 0 Å². The molecule has 0 saturated heterocycles. The van der Waals surface area contributed by atoms with Crippen molar-refractivity contribution in [3.63, 3.8) is 0 Å². The summed E-state index contributed by atoms with van der Waals surface area (Å²) in [5, 5.41) is 3.54. The quantitative estimate of drug-likeness (QED) is 0.779. The van der Waals surface area contributed by atoms with Crippen molar-refractivity contribution in [1.82, 2.24) is 10.2 Å². The van der Waals surface area contributed by atoms with Gasteiger partial charge in [-0.2, -0.15) is 0 Å². The third-order valence-electron chi connectivity index (χ3n) is 3.71. The molecule has 1 aliphatic carbocycles. The Labute approximate surface area is 116 Å². The molecule has 0 aliphatic heterocycles. The van der Waals surface area contributed by atoms with Gasteiger partial charge in [0.05, 0.1) is 0 Å². The molecule has 19 heavy (non-hydrogen) atoms. The molecule has 2 rings (SSSR count). The molecule has 106 valence electrons. The first kappa shape index (κ1) is 14.4. The van der Waals surface area contributed by atoms with Gasteiger partial charge in [-0.25, -0.2) is 0 Å². The number of para-hydroxylation sites is 1. The minimum atomic E-state index is 0.565. The fraction of sp³-hybridized carbons (Fsp3) is 0.625. The average Bonchev–Trinajstić information content (AvgIpc) is 3.21. The van der Waals surface area contributed by atoms with Crippen molar-refractivity contribution in [3.05, 3.63) is 29.8 Å². The van der Waals surface area contributed by atoms with Crippen LogP contribution < -0.4 is 10.1 Å². The summed E-state index contributed by atoms with van der Waals surface area (Å²) in [6.07, 6.45) is 2.64. The van der Waals surface area contributed by atoms with E-state index in [-0.39, 0.29) is 0 Å². The summed E-state index contributed by atoms with van der Waals surface area (Å²) in [5.41, 5.74) is 1.27. The van der Waals surface area contributed by atoms with Gasteiger partial charge in [-0.05, 0) is 39.8 Å². The zero-order chi connectivity index (χ0) is 13.7. The fourth-order valence-electron chi connectivity index (χ4n) is 1.89. The van der Waals surface area contributed by atoms with E-state index in [2.05, 4.69) is 49.3 Å². The van der Waals surface area contributed by atoms with Gasteiger partial charge in [0.2, 0.25) is 0 Å². The Bertz CT molecular complexity index is 388. The van der Waals surface area contributed by atoms with Gasteiger partial charge in [-0.15, -0.1) is 0 Å². The van der Waals surface area contributed by atoms with Gasteiger partial charge in [0.25, 0.3) is 0 Å². The van der Waals surface area contributed by atoms with Crippen LogP contribution in [0.5, 0.6) is 5.75 Å². The molecule has 1 N–H and O–H groups in total. The van der Waals surface area contributed by atoms with Crippen molar-refractivity contribution >= 4 is 0 Å². The summed E-state index contributed by atoms with van der Waals surface area (Å²) in [7, 11) is 2.13. The van der Waals surface area contributed by atoms with E-state index in [0.717, 1.165) is 31.5 Å². The molecular weight excluding hydrogens is 236 g/mol. The van der Waals surface area contributed by atoms with Gasteiger partial charge in [0.15, 0.2) is 0 Å². The molecule has 3 nitrogen and oxygen atoms in total. The molecule has 0 aromatic heterocycles. The first-order valence-corrected chi connectivity index (χ1v) is 7.31. The van der Waals surface area contributed by atoms with Crippen molar-refractivity contribution in [3.8, 4) is 5.75 Å². The molecule has 0 bridgehead atoms. The maximum Gasteiger partial charge on any atom is 0.123 e. The lowest BCUT2D eigenvalue weighted by atomic mass is 10.2. The second-order valence-electron chi connectivity index (χ2n) is 5.69. The van der Waals surface area contributed by atoms with E-state index in [1.165, 1.54) is 18.4 Å². The van der Waals surface area contributed by atoms with Gasteiger partial charge >= 0.3 is 0 Å². The third kappa shape index (κ3) is 4.84. The molecular formula is C16H26N2O. The van der Waals surface area contributed by atoms with E-state index in [4.69, 9.17) is 4.74 Å². The summed E-state index contributed by atoms with van der Waals surface area (Å²) in [5.74, 6) is 1.02. The largest absolute Gasteiger partial charge is 0.492 e. The monoisotopic (exact) mass is 262 g/mol.